The largest absolute Gasteiger partial charge is 0.394 e. The van der Waals surface area contributed by atoms with Gasteiger partial charge in [0, 0.05) is 11.6 Å². The normalized spacial score (nSPS) is 18.8. The van der Waals surface area contributed by atoms with Gasteiger partial charge in [-0.05, 0) is 59.2 Å². The van der Waals surface area contributed by atoms with E-state index in [0.29, 0.717) is 6.04 Å². The molecular weight excluding hydrogens is 236 g/mol. The fourth-order valence-electron chi connectivity index (χ4n) is 2.56. The Bertz CT molecular complexity index is 231. The summed E-state index contributed by atoms with van der Waals surface area (Å²) >= 11 is 0. The topological polar surface area (TPSA) is 35.5 Å². The minimum absolute atomic E-state index is 0.0536. The van der Waals surface area contributed by atoms with Crippen LogP contribution in [-0.4, -0.2) is 48.3 Å². The van der Waals surface area contributed by atoms with Crippen molar-refractivity contribution in [1.82, 2.24) is 10.2 Å². The van der Waals surface area contributed by atoms with Crippen LogP contribution in [0.4, 0.5) is 0 Å². The number of unbranched alkanes of at least 4 members (excludes halogenated alkanes) is 3. The smallest absolute Gasteiger partial charge is 0.0610 e. The van der Waals surface area contributed by atoms with Crippen molar-refractivity contribution < 1.29 is 5.11 Å². The summed E-state index contributed by atoms with van der Waals surface area (Å²) in [5.74, 6) is 0. The van der Waals surface area contributed by atoms with Crippen molar-refractivity contribution in [2.45, 2.75) is 76.8 Å². The summed E-state index contributed by atoms with van der Waals surface area (Å²) in [5, 5.41) is 13.1. The molecule has 19 heavy (non-hydrogen) atoms. The number of nitrogens with one attached hydrogen (secondary N) is 1. The molecule has 0 aromatic carbocycles. The van der Waals surface area contributed by atoms with E-state index < -0.39 is 0 Å². The molecule has 0 aromatic rings. The molecule has 1 aliphatic rings. The predicted molar refractivity (Wildman–Crippen MR) is 82.5 cm³/mol. The van der Waals surface area contributed by atoms with Gasteiger partial charge in [0.15, 0.2) is 0 Å². The van der Waals surface area contributed by atoms with Crippen molar-refractivity contribution in [1.29, 1.82) is 0 Å². The van der Waals surface area contributed by atoms with Crippen molar-refractivity contribution in [2.75, 3.05) is 26.7 Å². The van der Waals surface area contributed by atoms with Crippen molar-refractivity contribution in [2.24, 2.45) is 0 Å². The Kier molecular flexibility index (Phi) is 7.96. The second-order valence-electron chi connectivity index (χ2n) is 6.60. The highest BCUT2D eigenvalue weighted by Gasteiger charge is 2.31. The molecule has 0 heterocycles. The van der Waals surface area contributed by atoms with E-state index in [4.69, 9.17) is 0 Å². The molecule has 0 radical (unpaired) electrons. The van der Waals surface area contributed by atoms with Crippen LogP contribution in [0.1, 0.15) is 65.2 Å². The summed E-state index contributed by atoms with van der Waals surface area (Å²) in [6.45, 7) is 7.09. The van der Waals surface area contributed by atoms with Gasteiger partial charge in [-0.1, -0.05) is 26.2 Å². The molecule has 1 saturated carbocycles. The third-order valence-electron chi connectivity index (χ3n) is 4.14. The number of hydrogen-bond donors (Lipinski definition) is 2. The zero-order chi connectivity index (χ0) is 14.1. The number of aliphatic hydroxyl groups is 1. The fourth-order valence-corrected chi connectivity index (χ4v) is 2.56. The number of rotatable bonds is 12. The number of hydrogen-bond acceptors (Lipinski definition) is 3. The van der Waals surface area contributed by atoms with Crippen LogP contribution in [-0.2, 0) is 0 Å². The molecule has 1 aliphatic carbocycles. The van der Waals surface area contributed by atoms with Crippen molar-refractivity contribution in [3.05, 3.63) is 0 Å². The van der Waals surface area contributed by atoms with Crippen molar-refractivity contribution >= 4 is 0 Å². The first-order valence-corrected chi connectivity index (χ1v) is 8.17. The molecule has 1 unspecified atom stereocenters. The van der Waals surface area contributed by atoms with Gasteiger partial charge < -0.3 is 15.3 Å². The molecule has 3 heteroatoms. The number of nitrogens with zero attached hydrogens (tertiary/aromatic N) is 1. The molecule has 0 saturated heterocycles. The molecule has 0 aromatic heterocycles. The Morgan fingerprint density at radius 1 is 1.16 bits per heavy atom. The second-order valence-corrected chi connectivity index (χ2v) is 6.60. The van der Waals surface area contributed by atoms with E-state index in [1.165, 1.54) is 58.0 Å². The van der Waals surface area contributed by atoms with Gasteiger partial charge in [0.1, 0.15) is 0 Å². The van der Waals surface area contributed by atoms with Crippen LogP contribution in [0.5, 0.6) is 0 Å². The minimum Gasteiger partial charge on any atom is -0.394 e. The maximum absolute atomic E-state index is 9.54. The van der Waals surface area contributed by atoms with E-state index in [9.17, 15) is 5.11 Å². The van der Waals surface area contributed by atoms with Crippen LogP contribution in [0.2, 0.25) is 0 Å². The summed E-state index contributed by atoms with van der Waals surface area (Å²) < 4.78 is 0. The molecule has 114 valence electrons. The summed E-state index contributed by atoms with van der Waals surface area (Å²) in [6.07, 6.45) is 10.1. The highest BCUT2D eigenvalue weighted by atomic mass is 16.3. The minimum atomic E-state index is -0.0536. The van der Waals surface area contributed by atoms with Crippen molar-refractivity contribution in [3.8, 4) is 0 Å². The van der Waals surface area contributed by atoms with Crippen LogP contribution in [0.25, 0.3) is 0 Å². The summed E-state index contributed by atoms with van der Waals surface area (Å²) in [5.41, 5.74) is -0.0536. The van der Waals surface area contributed by atoms with E-state index in [0.717, 1.165) is 6.42 Å². The standard InChI is InChI=1S/C16H34N2O/c1-4-5-7-12-18(3)13-8-6-11-16(2,14-19)17-15-9-10-15/h15,17,19H,4-14H2,1-3H3. The lowest BCUT2D eigenvalue weighted by atomic mass is 9.95. The summed E-state index contributed by atoms with van der Waals surface area (Å²) in [6, 6.07) is 0.675. The summed E-state index contributed by atoms with van der Waals surface area (Å²) in [4.78, 5) is 2.44. The van der Waals surface area contributed by atoms with Crippen LogP contribution >= 0.6 is 0 Å². The van der Waals surface area contributed by atoms with Gasteiger partial charge in [0.2, 0.25) is 0 Å². The fraction of sp³-hybridized carbons (Fsp3) is 1.00. The first kappa shape index (κ1) is 16.9. The van der Waals surface area contributed by atoms with Crippen LogP contribution in [0, 0.1) is 0 Å². The highest BCUT2D eigenvalue weighted by Crippen LogP contribution is 2.24. The lowest BCUT2D eigenvalue weighted by Gasteiger charge is -2.29. The van der Waals surface area contributed by atoms with Gasteiger partial charge in [0.25, 0.3) is 0 Å². The van der Waals surface area contributed by atoms with E-state index in [-0.39, 0.29) is 12.1 Å². The quantitative estimate of drug-likeness (QED) is 0.535. The third-order valence-corrected chi connectivity index (χ3v) is 4.14. The predicted octanol–water partition coefficient (Wildman–Crippen LogP) is 2.78. The van der Waals surface area contributed by atoms with Gasteiger partial charge in [-0.3, -0.25) is 0 Å². The lowest BCUT2D eigenvalue weighted by Crippen LogP contribution is -2.46. The Labute approximate surface area is 119 Å². The van der Waals surface area contributed by atoms with Gasteiger partial charge in [0.05, 0.1) is 6.61 Å². The average Bonchev–Trinajstić information content (AvgIpc) is 3.19. The first-order valence-electron chi connectivity index (χ1n) is 8.17. The molecular formula is C16H34N2O. The number of aliphatic hydroxyl groups excluding tert-OH is 1. The van der Waals surface area contributed by atoms with Gasteiger partial charge >= 0.3 is 0 Å². The first-order chi connectivity index (χ1) is 9.09. The molecule has 1 atom stereocenters. The Morgan fingerprint density at radius 3 is 2.32 bits per heavy atom. The monoisotopic (exact) mass is 270 g/mol. The van der Waals surface area contributed by atoms with Gasteiger partial charge in [-0.2, -0.15) is 0 Å². The average molecular weight is 270 g/mol. The highest BCUT2D eigenvalue weighted by molar-refractivity contribution is 4.92. The Balaban J connectivity index is 2.04. The van der Waals surface area contributed by atoms with Crippen LogP contribution in [0.15, 0.2) is 0 Å². The van der Waals surface area contributed by atoms with Crippen LogP contribution < -0.4 is 5.32 Å². The zero-order valence-electron chi connectivity index (χ0n) is 13.2. The molecule has 0 amide bonds. The molecule has 0 bridgehead atoms. The molecule has 0 aliphatic heterocycles. The lowest BCUT2D eigenvalue weighted by molar-refractivity contribution is 0.159. The van der Waals surface area contributed by atoms with E-state index in [1.54, 1.807) is 0 Å². The maximum atomic E-state index is 9.54. The van der Waals surface area contributed by atoms with Crippen molar-refractivity contribution in [3.63, 3.8) is 0 Å². The van der Waals surface area contributed by atoms with Gasteiger partial charge in [-0.15, -0.1) is 0 Å². The molecule has 3 nitrogen and oxygen atoms in total. The Morgan fingerprint density at radius 2 is 1.79 bits per heavy atom. The third kappa shape index (κ3) is 7.91. The maximum Gasteiger partial charge on any atom is 0.0610 e. The molecule has 2 N–H and O–H groups in total. The second kappa shape index (κ2) is 8.93. The zero-order valence-corrected chi connectivity index (χ0v) is 13.2. The van der Waals surface area contributed by atoms with Gasteiger partial charge in [-0.25, -0.2) is 0 Å². The Hall–Kier alpha value is -0.120. The molecule has 1 rings (SSSR count). The van der Waals surface area contributed by atoms with E-state index in [1.807, 2.05) is 0 Å². The van der Waals surface area contributed by atoms with E-state index >= 15 is 0 Å². The SMILES string of the molecule is CCCCCN(C)CCCCC(C)(CO)NC1CC1. The van der Waals surface area contributed by atoms with Crippen LogP contribution in [0.3, 0.4) is 0 Å². The van der Waals surface area contributed by atoms with E-state index in [2.05, 4.69) is 31.1 Å². The summed E-state index contributed by atoms with van der Waals surface area (Å²) in [7, 11) is 2.23. The molecule has 0 spiro atoms. The molecule has 1 fully saturated rings.